The van der Waals surface area contributed by atoms with Gasteiger partial charge in [-0.25, -0.2) is 8.78 Å². The zero-order valence-corrected chi connectivity index (χ0v) is 15.3. The summed E-state index contributed by atoms with van der Waals surface area (Å²) in [5.41, 5.74) is 1.75. The van der Waals surface area contributed by atoms with Gasteiger partial charge in [0.1, 0.15) is 29.0 Å². The van der Waals surface area contributed by atoms with Gasteiger partial charge in [-0.05, 0) is 24.3 Å². The fourth-order valence-corrected chi connectivity index (χ4v) is 3.68. The molecule has 2 heterocycles. The van der Waals surface area contributed by atoms with Gasteiger partial charge in [0.05, 0.1) is 29.4 Å². The molecular formula is C21H18F2N4O. The third-order valence-corrected chi connectivity index (χ3v) is 5.03. The quantitative estimate of drug-likeness (QED) is 0.693. The van der Waals surface area contributed by atoms with Crippen LogP contribution < -0.4 is 14.5 Å². The van der Waals surface area contributed by atoms with Crippen molar-refractivity contribution in [3.05, 3.63) is 59.8 Å². The molecule has 1 saturated heterocycles. The topological polar surface area (TPSA) is 52.4 Å². The van der Waals surface area contributed by atoms with Crippen LogP contribution in [-0.2, 0) is 0 Å². The molecule has 3 aromatic rings. The van der Waals surface area contributed by atoms with Crippen molar-refractivity contribution >= 4 is 22.3 Å². The number of pyridine rings is 1. The SMILES string of the molecule is COc1ccc(F)c2c(N3CCN(c4ccccc4F)CC3)c(C#N)cnc12. The molecule has 28 heavy (non-hydrogen) atoms. The Hall–Kier alpha value is -3.40. The summed E-state index contributed by atoms with van der Waals surface area (Å²) < 4.78 is 34.1. The zero-order chi connectivity index (χ0) is 19.7. The zero-order valence-electron chi connectivity index (χ0n) is 15.3. The summed E-state index contributed by atoms with van der Waals surface area (Å²) in [6.07, 6.45) is 1.45. The lowest BCUT2D eigenvalue weighted by atomic mass is 10.1. The van der Waals surface area contributed by atoms with Crippen LogP contribution in [-0.4, -0.2) is 38.3 Å². The van der Waals surface area contributed by atoms with Crippen molar-refractivity contribution in [1.29, 1.82) is 5.26 Å². The molecule has 1 aliphatic heterocycles. The Balaban J connectivity index is 1.72. The Morgan fingerprint density at radius 1 is 1.00 bits per heavy atom. The fourth-order valence-electron chi connectivity index (χ4n) is 3.68. The molecule has 2 aromatic carbocycles. The average molecular weight is 380 g/mol. The maximum Gasteiger partial charge on any atom is 0.146 e. The summed E-state index contributed by atoms with van der Waals surface area (Å²) in [5, 5.41) is 9.84. The highest BCUT2D eigenvalue weighted by Gasteiger charge is 2.25. The molecule has 5 nitrogen and oxygen atoms in total. The highest BCUT2D eigenvalue weighted by Crippen LogP contribution is 2.36. The van der Waals surface area contributed by atoms with Crippen LogP contribution in [0.1, 0.15) is 5.56 Å². The third-order valence-electron chi connectivity index (χ3n) is 5.03. The summed E-state index contributed by atoms with van der Waals surface area (Å²) in [4.78, 5) is 8.16. The van der Waals surface area contributed by atoms with E-state index in [0.717, 1.165) is 0 Å². The molecule has 0 saturated carbocycles. The number of methoxy groups -OCH3 is 1. The molecular weight excluding hydrogens is 362 g/mol. The molecule has 0 atom stereocenters. The van der Waals surface area contributed by atoms with Gasteiger partial charge in [0, 0.05) is 32.4 Å². The first-order valence-electron chi connectivity index (χ1n) is 8.93. The Kier molecular flexibility index (Phi) is 4.70. The molecule has 0 amide bonds. The lowest BCUT2D eigenvalue weighted by molar-refractivity contribution is 0.418. The monoisotopic (exact) mass is 380 g/mol. The van der Waals surface area contributed by atoms with Gasteiger partial charge >= 0.3 is 0 Å². The van der Waals surface area contributed by atoms with Crippen LogP contribution in [0.5, 0.6) is 5.75 Å². The number of nitrogens with zero attached hydrogens (tertiary/aromatic N) is 4. The van der Waals surface area contributed by atoms with E-state index in [9.17, 15) is 14.0 Å². The summed E-state index contributed by atoms with van der Waals surface area (Å²) in [5.74, 6) is -0.266. The number of aromatic nitrogens is 1. The summed E-state index contributed by atoms with van der Waals surface area (Å²) >= 11 is 0. The smallest absolute Gasteiger partial charge is 0.146 e. The Labute approximate surface area is 161 Å². The molecule has 4 rings (SSSR count). The standard InChI is InChI=1S/C21H18F2N4O/c1-28-18-7-6-16(23)19-20(18)25-13-14(12-24)21(19)27-10-8-26(9-11-27)17-5-3-2-4-15(17)22/h2-7,13H,8-11H2,1H3. The molecule has 7 heteroatoms. The molecule has 0 bridgehead atoms. The molecule has 0 radical (unpaired) electrons. The van der Waals surface area contributed by atoms with Crippen molar-refractivity contribution in [2.75, 3.05) is 43.1 Å². The number of rotatable bonds is 3. The fraction of sp³-hybridized carbons (Fsp3) is 0.238. The summed E-state index contributed by atoms with van der Waals surface area (Å²) in [7, 11) is 1.50. The van der Waals surface area contributed by atoms with Crippen LogP contribution in [0.2, 0.25) is 0 Å². The van der Waals surface area contributed by atoms with E-state index < -0.39 is 5.82 Å². The minimum atomic E-state index is -0.452. The van der Waals surface area contributed by atoms with Gasteiger partial charge in [-0.2, -0.15) is 5.26 Å². The molecule has 1 fully saturated rings. The van der Waals surface area contributed by atoms with Crippen molar-refractivity contribution in [2.24, 2.45) is 0 Å². The van der Waals surface area contributed by atoms with Gasteiger partial charge in [-0.1, -0.05) is 12.1 Å². The van der Waals surface area contributed by atoms with E-state index >= 15 is 0 Å². The number of anilines is 2. The minimum Gasteiger partial charge on any atom is -0.494 e. The number of nitriles is 1. The van der Waals surface area contributed by atoms with E-state index in [0.29, 0.717) is 54.4 Å². The van der Waals surface area contributed by atoms with Crippen molar-refractivity contribution in [2.45, 2.75) is 0 Å². The van der Waals surface area contributed by atoms with Crippen LogP contribution in [0, 0.1) is 23.0 Å². The second kappa shape index (κ2) is 7.31. The Bertz CT molecular complexity index is 1070. The number of halogens is 2. The lowest BCUT2D eigenvalue weighted by Crippen LogP contribution is -2.47. The van der Waals surface area contributed by atoms with Crippen molar-refractivity contribution in [3.63, 3.8) is 0 Å². The first kappa shape index (κ1) is 18.0. The molecule has 0 spiro atoms. The number of para-hydroxylation sites is 1. The van der Waals surface area contributed by atoms with E-state index in [4.69, 9.17) is 4.74 Å². The van der Waals surface area contributed by atoms with E-state index in [1.165, 1.54) is 31.5 Å². The number of hydrogen-bond donors (Lipinski definition) is 0. The lowest BCUT2D eigenvalue weighted by Gasteiger charge is -2.38. The minimum absolute atomic E-state index is 0.265. The number of fused-ring (bicyclic) bond motifs is 1. The second-order valence-corrected chi connectivity index (χ2v) is 6.53. The second-order valence-electron chi connectivity index (χ2n) is 6.53. The van der Waals surface area contributed by atoms with Crippen molar-refractivity contribution < 1.29 is 13.5 Å². The van der Waals surface area contributed by atoms with E-state index in [-0.39, 0.29) is 11.2 Å². The van der Waals surface area contributed by atoms with Gasteiger partial charge in [0.2, 0.25) is 0 Å². The van der Waals surface area contributed by atoms with E-state index in [1.807, 2.05) is 9.80 Å². The van der Waals surface area contributed by atoms with E-state index in [2.05, 4.69) is 11.1 Å². The van der Waals surface area contributed by atoms with Crippen molar-refractivity contribution in [3.8, 4) is 11.8 Å². The predicted molar refractivity (Wildman–Crippen MR) is 104 cm³/mol. The maximum atomic E-state index is 14.7. The summed E-state index contributed by atoms with van der Waals surface area (Å²) in [6, 6.07) is 11.6. The van der Waals surface area contributed by atoms with Crippen LogP contribution in [0.25, 0.3) is 10.9 Å². The highest BCUT2D eigenvalue weighted by atomic mass is 19.1. The van der Waals surface area contributed by atoms with Crippen LogP contribution in [0.4, 0.5) is 20.2 Å². The van der Waals surface area contributed by atoms with Gasteiger partial charge in [0.25, 0.3) is 0 Å². The number of hydrogen-bond acceptors (Lipinski definition) is 5. The molecule has 0 aliphatic carbocycles. The number of ether oxygens (including phenoxy) is 1. The Morgan fingerprint density at radius 3 is 2.39 bits per heavy atom. The van der Waals surface area contributed by atoms with Crippen LogP contribution in [0.15, 0.2) is 42.6 Å². The normalized spacial score (nSPS) is 14.2. The van der Waals surface area contributed by atoms with Crippen LogP contribution in [0.3, 0.4) is 0 Å². The largest absolute Gasteiger partial charge is 0.494 e. The molecule has 1 aliphatic rings. The van der Waals surface area contributed by atoms with Crippen LogP contribution >= 0.6 is 0 Å². The van der Waals surface area contributed by atoms with Gasteiger partial charge in [-0.15, -0.1) is 0 Å². The number of piperazine rings is 1. The first-order valence-corrected chi connectivity index (χ1v) is 8.93. The van der Waals surface area contributed by atoms with Crippen molar-refractivity contribution in [1.82, 2.24) is 4.98 Å². The number of benzene rings is 2. The molecule has 0 unspecified atom stereocenters. The van der Waals surface area contributed by atoms with Gasteiger partial charge < -0.3 is 14.5 Å². The average Bonchev–Trinajstić information content (AvgIpc) is 2.74. The van der Waals surface area contributed by atoms with Gasteiger partial charge in [-0.3, -0.25) is 4.98 Å². The first-order chi connectivity index (χ1) is 13.6. The molecule has 1 aromatic heterocycles. The molecule has 142 valence electrons. The highest BCUT2D eigenvalue weighted by molar-refractivity contribution is 5.98. The third kappa shape index (κ3) is 2.97. The summed E-state index contributed by atoms with van der Waals surface area (Å²) in [6.45, 7) is 2.17. The van der Waals surface area contributed by atoms with E-state index in [1.54, 1.807) is 18.2 Å². The van der Waals surface area contributed by atoms with Gasteiger partial charge in [0.15, 0.2) is 0 Å². The maximum absolute atomic E-state index is 14.7. The molecule has 0 N–H and O–H groups in total. The Morgan fingerprint density at radius 2 is 1.71 bits per heavy atom. The predicted octanol–water partition coefficient (Wildman–Crippen LogP) is 3.72.